The number of anilines is 2. The largest absolute Gasteiger partial charge is 0.357 e. The molecule has 7 heteroatoms. The summed E-state index contributed by atoms with van der Waals surface area (Å²) in [5.41, 5.74) is 0.444. The molecule has 24 heavy (non-hydrogen) atoms. The molecule has 0 aliphatic carbocycles. The van der Waals surface area contributed by atoms with Gasteiger partial charge >= 0.3 is 0 Å². The van der Waals surface area contributed by atoms with Crippen LogP contribution in [-0.2, 0) is 10.0 Å². The first-order valence-corrected chi connectivity index (χ1v) is 9.79. The van der Waals surface area contributed by atoms with Gasteiger partial charge < -0.3 is 4.90 Å². The van der Waals surface area contributed by atoms with Gasteiger partial charge in [0.15, 0.2) is 0 Å². The van der Waals surface area contributed by atoms with Crippen LogP contribution < -0.4 is 9.62 Å². The molecule has 5 nitrogen and oxygen atoms in total. The van der Waals surface area contributed by atoms with Gasteiger partial charge in [-0.25, -0.2) is 13.4 Å². The third-order valence-electron chi connectivity index (χ3n) is 4.23. The van der Waals surface area contributed by atoms with E-state index in [4.69, 9.17) is 11.6 Å². The van der Waals surface area contributed by atoms with Crippen molar-refractivity contribution in [3.8, 4) is 0 Å². The smallest absolute Gasteiger partial charge is 0.261 e. The Morgan fingerprint density at radius 2 is 1.79 bits per heavy atom. The van der Waals surface area contributed by atoms with Crippen molar-refractivity contribution >= 4 is 33.1 Å². The second kappa shape index (κ2) is 6.99. The minimum atomic E-state index is -3.64. The molecule has 0 amide bonds. The van der Waals surface area contributed by atoms with Crippen LogP contribution in [0.15, 0.2) is 47.5 Å². The fourth-order valence-electron chi connectivity index (χ4n) is 2.70. The van der Waals surface area contributed by atoms with Crippen LogP contribution in [0.5, 0.6) is 0 Å². The summed E-state index contributed by atoms with van der Waals surface area (Å²) in [6, 6.07) is 9.65. The Kier molecular flexibility index (Phi) is 4.96. The summed E-state index contributed by atoms with van der Waals surface area (Å²) < 4.78 is 27.2. The molecule has 1 fully saturated rings. The summed E-state index contributed by atoms with van der Waals surface area (Å²) in [5, 5.41) is 0.496. The summed E-state index contributed by atoms with van der Waals surface area (Å²) >= 11 is 5.79. The number of halogens is 1. The third-order valence-corrected chi connectivity index (χ3v) is 5.88. The first-order chi connectivity index (χ1) is 11.4. The van der Waals surface area contributed by atoms with Crippen LogP contribution in [0.2, 0.25) is 5.02 Å². The van der Waals surface area contributed by atoms with Crippen LogP contribution >= 0.6 is 11.6 Å². The zero-order chi connectivity index (χ0) is 17.2. The van der Waals surface area contributed by atoms with Crippen molar-refractivity contribution in [1.29, 1.82) is 0 Å². The van der Waals surface area contributed by atoms with E-state index in [0.717, 1.165) is 37.7 Å². The Labute approximate surface area is 147 Å². The number of benzene rings is 1. The van der Waals surface area contributed by atoms with Crippen molar-refractivity contribution in [1.82, 2.24) is 4.98 Å². The lowest BCUT2D eigenvalue weighted by Gasteiger charge is -2.31. The van der Waals surface area contributed by atoms with E-state index in [1.807, 2.05) is 6.07 Å². The summed E-state index contributed by atoms with van der Waals surface area (Å²) in [6.45, 7) is 4.24. The average molecular weight is 366 g/mol. The molecule has 0 unspecified atom stereocenters. The maximum atomic E-state index is 12.3. The lowest BCUT2D eigenvalue weighted by atomic mass is 9.99. The van der Waals surface area contributed by atoms with E-state index in [1.165, 1.54) is 12.1 Å². The molecule has 0 radical (unpaired) electrons. The third kappa shape index (κ3) is 3.99. The summed E-state index contributed by atoms with van der Waals surface area (Å²) in [5.74, 6) is 1.64. The number of piperidine rings is 1. The minimum Gasteiger partial charge on any atom is -0.357 e. The first-order valence-electron chi connectivity index (χ1n) is 7.93. The first kappa shape index (κ1) is 17.0. The molecule has 0 atom stereocenters. The van der Waals surface area contributed by atoms with Gasteiger partial charge in [-0.1, -0.05) is 18.5 Å². The van der Waals surface area contributed by atoms with E-state index in [9.17, 15) is 8.42 Å². The van der Waals surface area contributed by atoms with Gasteiger partial charge in [-0.15, -0.1) is 0 Å². The number of sulfonamides is 1. The van der Waals surface area contributed by atoms with Crippen molar-refractivity contribution in [2.24, 2.45) is 5.92 Å². The molecular weight excluding hydrogens is 346 g/mol. The Balaban J connectivity index is 1.70. The van der Waals surface area contributed by atoms with Gasteiger partial charge in [0.25, 0.3) is 10.0 Å². The highest BCUT2D eigenvalue weighted by atomic mass is 35.5. The van der Waals surface area contributed by atoms with Crippen molar-refractivity contribution in [3.05, 3.63) is 47.6 Å². The summed E-state index contributed by atoms with van der Waals surface area (Å²) in [6.07, 6.45) is 3.88. The Morgan fingerprint density at radius 3 is 2.38 bits per heavy atom. The summed E-state index contributed by atoms with van der Waals surface area (Å²) in [4.78, 5) is 6.80. The quantitative estimate of drug-likeness (QED) is 0.895. The second-order valence-electron chi connectivity index (χ2n) is 6.13. The normalized spacial score (nSPS) is 16.2. The van der Waals surface area contributed by atoms with Crippen LogP contribution in [0.25, 0.3) is 0 Å². The fraction of sp³-hybridized carbons (Fsp3) is 0.353. The van der Waals surface area contributed by atoms with Gasteiger partial charge in [0.05, 0.1) is 16.8 Å². The SMILES string of the molecule is CC1CCN(c2ccc(NS(=O)(=O)c3ccc(Cl)cc3)cn2)CC1. The summed E-state index contributed by atoms with van der Waals surface area (Å²) in [7, 11) is -3.64. The van der Waals surface area contributed by atoms with E-state index < -0.39 is 10.0 Å². The van der Waals surface area contributed by atoms with Gasteiger partial charge in [-0.3, -0.25) is 4.72 Å². The second-order valence-corrected chi connectivity index (χ2v) is 8.25. The number of pyridine rings is 1. The fourth-order valence-corrected chi connectivity index (χ4v) is 3.87. The van der Waals surface area contributed by atoms with Crippen LogP contribution in [-0.4, -0.2) is 26.5 Å². The van der Waals surface area contributed by atoms with Crippen molar-refractivity contribution in [2.45, 2.75) is 24.7 Å². The molecule has 0 spiro atoms. The number of hydrogen-bond acceptors (Lipinski definition) is 4. The Morgan fingerprint density at radius 1 is 1.12 bits per heavy atom. The van der Waals surface area contributed by atoms with E-state index >= 15 is 0 Å². The van der Waals surface area contributed by atoms with Crippen molar-refractivity contribution in [2.75, 3.05) is 22.7 Å². The zero-order valence-corrected chi connectivity index (χ0v) is 15.0. The molecule has 2 heterocycles. The molecule has 2 aromatic rings. The molecule has 0 saturated carbocycles. The number of nitrogens with zero attached hydrogens (tertiary/aromatic N) is 2. The zero-order valence-electron chi connectivity index (χ0n) is 13.4. The van der Waals surface area contributed by atoms with E-state index in [2.05, 4.69) is 21.5 Å². The van der Waals surface area contributed by atoms with Gasteiger partial charge in [0, 0.05) is 18.1 Å². The highest BCUT2D eigenvalue weighted by molar-refractivity contribution is 7.92. The number of hydrogen-bond donors (Lipinski definition) is 1. The van der Waals surface area contributed by atoms with Gasteiger partial charge in [0.1, 0.15) is 5.82 Å². The molecule has 128 valence electrons. The number of aromatic nitrogens is 1. The van der Waals surface area contributed by atoms with E-state index in [0.29, 0.717) is 10.7 Å². The minimum absolute atomic E-state index is 0.168. The van der Waals surface area contributed by atoms with Crippen LogP contribution in [0.3, 0.4) is 0 Å². The molecule has 0 bridgehead atoms. The van der Waals surface area contributed by atoms with Crippen LogP contribution in [0.1, 0.15) is 19.8 Å². The highest BCUT2D eigenvalue weighted by Crippen LogP contribution is 2.23. The monoisotopic (exact) mass is 365 g/mol. The maximum absolute atomic E-state index is 12.3. The molecule has 1 aromatic heterocycles. The lowest BCUT2D eigenvalue weighted by Crippen LogP contribution is -2.33. The van der Waals surface area contributed by atoms with Gasteiger partial charge in [-0.2, -0.15) is 0 Å². The molecular formula is C17H20ClN3O2S. The van der Waals surface area contributed by atoms with Crippen LogP contribution in [0.4, 0.5) is 11.5 Å². The molecule has 1 N–H and O–H groups in total. The van der Waals surface area contributed by atoms with Crippen LogP contribution in [0, 0.1) is 5.92 Å². The molecule has 1 aliphatic heterocycles. The van der Waals surface area contributed by atoms with Gasteiger partial charge in [-0.05, 0) is 55.2 Å². The van der Waals surface area contributed by atoms with Crippen molar-refractivity contribution < 1.29 is 8.42 Å². The average Bonchev–Trinajstić information content (AvgIpc) is 2.56. The molecule has 1 aliphatic rings. The Hall–Kier alpha value is -1.79. The number of rotatable bonds is 4. The van der Waals surface area contributed by atoms with Crippen molar-refractivity contribution in [3.63, 3.8) is 0 Å². The molecule has 1 saturated heterocycles. The van der Waals surface area contributed by atoms with Gasteiger partial charge in [0.2, 0.25) is 0 Å². The Bertz CT molecular complexity index is 784. The predicted octanol–water partition coefficient (Wildman–Crippen LogP) is 3.77. The molecule has 3 rings (SSSR count). The lowest BCUT2D eigenvalue weighted by molar-refractivity contribution is 0.436. The van der Waals surface area contributed by atoms with E-state index in [-0.39, 0.29) is 4.90 Å². The highest BCUT2D eigenvalue weighted by Gasteiger charge is 2.18. The maximum Gasteiger partial charge on any atom is 0.261 e. The van der Waals surface area contributed by atoms with E-state index in [1.54, 1.807) is 24.4 Å². The number of nitrogens with one attached hydrogen (secondary N) is 1. The predicted molar refractivity (Wildman–Crippen MR) is 97.1 cm³/mol. The molecule has 1 aromatic carbocycles. The topological polar surface area (TPSA) is 62.3 Å². The standard InChI is InChI=1S/C17H20ClN3O2S/c1-13-8-10-21(11-9-13)17-7-4-15(12-19-17)20-24(22,23)16-5-2-14(18)3-6-16/h2-7,12-13,20H,8-11H2,1H3.